The van der Waals surface area contributed by atoms with Crippen LogP contribution in [-0.2, 0) is 11.2 Å². The number of aromatic amines is 1. The minimum absolute atomic E-state index is 0.00378. The Labute approximate surface area is 151 Å². The molecule has 2 aliphatic carbocycles. The summed E-state index contributed by atoms with van der Waals surface area (Å²) in [5.74, 6) is 1.09. The second kappa shape index (κ2) is 6.82. The number of H-pyrrole nitrogens is 1. The molecule has 136 valence electrons. The molecule has 0 unspecified atom stereocenters. The average Bonchev–Trinajstić information content (AvgIpc) is 3.24. The normalized spacial score (nSPS) is 26.6. The van der Waals surface area contributed by atoms with E-state index in [2.05, 4.69) is 20.6 Å². The highest BCUT2D eigenvalue weighted by Gasteiger charge is 2.48. The van der Waals surface area contributed by atoms with E-state index in [4.69, 9.17) is 0 Å². The number of rotatable bonds is 5. The summed E-state index contributed by atoms with van der Waals surface area (Å²) in [6.07, 6.45) is 6.16. The number of nitrogens with one attached hydrogen (secondary N) is 3. The van der Waals surface area contributed by atoms with E-state index in [1.54, 1.807) is 24.3 Å². The number of amides is 2. The zero-order valence-corrected chi connectivity index (χ0v) is 14.3. The van der Waals surface area contributed by atoms with E-state index in [0.717, 1.165) is 24.8 Å². The van der Waals surface area contributed by atoms with Crippen molar-refractivity contribution in [1.29, 1.82) is 0 Å². The van der Waals surface area contributed by atoms with Crippen LogP contribution >= 0.6 is 0 Å². The van der Waals surface area contributed by atoms with Crippen LogP contribution in [0.3, 0.4) is 0 Å². The fourth-order valence-electron chi connectivity index (χ4n) is 4.21. The van der Waals surface area contributed by atoms with E-state index in [1.165, 1.54) is 12.5 Å². The number of carbonyl (C=O) groups is 2. The smallest absolute Gasteiger partial charge is 0.269 e. The van der Waals surface area contributed by atoms with Crippen molar-refractivity contribution in [3.63, 3.8) is 0 Å². The van der Waals surface area contributed by atoms with Gasteiger partial charge in [0.15, 0.2) is 0 Å². The molecule has 4 N–H and O–H groups in total. The van der Waals surface area contributed by atoms with Gasteiger partial charge in [-0.05, 0) is 48.8 Å². The summed E-state index contributed by atoms with van der Waals surface area (Å²) in [6, 6.07) is 7.04. The summed E-state index contributed by atoms with van der Waals surface area (Å²) >= 11 is 0. The molecule has 2 aromatic rings. The van der Waals surface area contributed by atoms with Gasteiger partial charge in [0.2, 0.25) is 5.91 Å². The first kappa shape index (κ1) is 16.6. The number of phenolic OH excluding ortho intramolecular Hbond substituents is 1. The first-order valence-corrected chi connectivity index (χ1v) is 8.95. The van der Waals surface area contributed by atoms with Crippen molar-refractivity contribution in [3.05, 3.63) is 48.0 Å². The van der Waals surface area contributed by atoms with Crippen LogP contribution in [0.5, 0.6) is 5.75 Å². The Morgan fingerprint density at radius 1 is 1.15 bits per heavy atom. The van der Waals surface area contributed by atoms with Gasteiger partial charge in [0, 0.05) is 12.1 Å². The molecule has 7 heteroatoms. The third-order valence-electron chi connectivity index (χ3n) is 5.55. The molecule has 4 rings (SSSR count). The van der Waals surface area contributed by atoms with E-state index < -0.39 is 0 Å². The SMILES string of the molecule is O=C(Cc1ccc(O)cc1)N[C@@H]1C[C@@H]2C[C@@H](NC(=O)c3cnc[nH]3)C[C@@H]21. The topological polar surface area (TPSA) is 107 Å². The lowest BCUT2D eigenvalue weighted by Gasteiger charge is -2.40. The van der Waals surface area contributed by atoms with Gasteiger partial charge in [0.05, 0.1) is 18.9 Å². The van der Waals surface area contributed by atoms with E-state index in [9.17, 15) is 14.7 Å². The number of benzene rings is 1. The molecule has 2 amide bonds. The fraction of sp³-hybridized carbons (Fsp3) is 0.421. The minimum atomic E-state index is -0.123. The van der Waals surface area contributed by atoms with Crippen molar-refractivity contribution in [2.24, 2.45) is 11.8 Å². The predicted molar refractivity (Wildman–Crippen MR) is 94.4 cm³/mol. The molecule has 0 spiro atoms. The van der Waals surface area contributed by atoms with Gasteiger partial charge >= 0.3 is 0 Å². The van der Waals surface area contributed by atoms with Crippen LogP contribution in [0.2, 0.25) is 0 Å². The highest BCUT2D eigenvalue weighted by Crippen LogP contribution is 2.47. The van der Waals surface area contributed by atoms with Crippen molar-refractivity contribution in [2.75, 3.05) is 0 Å². The van der Waals surface area contributed by atoms with E-state index in [-0.39, 0.29) is 29.6 Å². The van der Waals surface area contributed by atoms with Crippen molar-refractivity contribution in [2.45, 2.75) is 37.8 Å². The van der Waals surface area contributed by atoms with E-state index in [1.807, 2.05) is 0 Å². The number of hydrogen-bond donors (Lipinski definition) is 4. The molecule has 1 heterocycles. The second-order valence-electron chi connectivity index (χ2n) is 7.28. The maximum Gasteiger partial charge on any atom is 0.269 e. The molecule has 1 aromatic heterocycles. The Hall–Kier alpha value is -2.83. The van der Waals surface area contributed by atoms with Crippen LogP contribution < -0.4 is 10.6 Å². The van der Waals surface area contributed by atoms with Gasteiger partial charge in [0.25, 0.3) is 5.91 Å². The lowest BCUT2D eigenvalue weighted by atomic mass is 9.71. The molecular formula is C19H22N4O3. The summed E-state index contributed by atoms with van der Waals surface area (Å²) in [5.41, 5.74) is 1.36. The summed E-state index contributed by atoms with van der Waals surface area (Å²) in [7, 11) is 0. The Morgan fingerprint density at radius 3 is 2.69 bits per heavy atom. The minimum Gasteiger partial charge on any atom is -0.508 e. The molecule has 0 saturated heterocycles. The van der Waals surface area contributed by atoms with Crippen LogP contribution in [0.25, 0.3) is 0 Å². The van der Waals surface area contributed by atoms with Crippen LogP contribution in [0, 0.1) is 11.8 Å². The molecule has 0 aliphatic heterocycles. The summed E-state index contributed by atoms with van der Waals surface area (Å²) in [6.45, 7) is 0. The molecule has 0 radical (unpaired) electrons. The van der Waals surface area contributed by atoms with Gasteiger partial charge in [-0.3, -0.25) is 9.59 Å². The number of nitrogens with zero attached hydrogens (tertiary/aromatic N) is 1. The van der Waals surface area contributed by atoms with Gasteiger partial charge in [-0.15, -0.1) is 0 Å². The van der Waals surface area contributed by atoms with Crippen molar-refractivity contribution < 1.29 is 14.7 Å². The zero-order valence-electron chi connectivity index (χ0n) is 14.3. The van der Waals surface area contributed by atoms with Gasteiger partial charge in [0.1, 0.15) is 11.4 Å². The lowest BCUT2D eigenvalue weighted by molar-refractivity contribution is -0.122. The number of imidazole rings is 1. The Balaban J connectivity index is 1.26. The number of aromatic hydroxyl groups is 1. The van der Waals surface area contributed by atoms with Gasteiger partial charge < -0.3 is 20.7 Å². The monoisotopic (exact) mass is 354 g/mol. The third-order valence-corrected chi connectivity index (χ3v) is 5.55. The van der Waals surface area contributed by atoms with E-state index >= 15 is 0 Å². The van der Waals surface area contributed by atoms with E-state index in [0.29, 0.717) is 24.0 Å². The maximum absolute atomic E-state index is 12.2. The second-order valence-corrected chi connectivity index (χ2v) is 7.28. The van der Waals surface area contributed by atoms with Crippen molar-refractivity contribution in [1.82, 2.24) is 20.6 Å². The van der Waals surface area contributed by atoms with Crippen molar-refractivity contribution >= 4 is 11.8 Å². The summed E-state index contributed by atoms with van der Waals surface area (Å²) in [4.78, 5) is 31.0. The molecule has 2 aliphatic rings. The lowest BCUT2D eigenvalue weighted by Crippen LogP contribution is -2.50. The molecule has 1 aromatic carbocycles. The molecule has 2 saturated carbocycles. The van der Waals surface area contributed by atoms with Crippen LogP contribution in [0.4, 0.5) is 0 Å². The van der Waals surface area contributed by atoms with Gasteiger partial charge in [-0.25, -0.2) is 4.98 Å². The standard InChI is InChI=1S/C19H22N4O3/c24-14-3-1-11(2-4-14)5-18(25)23-16-7-12-6-13(8-15(12)16)22-19(26)17-9-20-10-21-17/h1-4,9-10,12-13,15-16,24H,5-8H2,(H,20,21)(H,22,26)(H,23,25)/t12-,13+,15-,16+/m0/s1. The summed E-state index contributed by atoms with van der Waals surface area (Å²) < 4.78 is 0. The third kappa shape index (κ3) is 3.42. The highest BCUT2D eigenvalue weighted by molar-refractivity contribution is 5.92. The largest absolute Gasteiger partial charge is 0.508 e. The van der Waals surface area contributed by atoms with Crippen LogP contribution in [0.15, 0.2) is 36.8 Å². The van der Waals surface area contributed by atoms with Crippen LogP contribution in [0.1, 0.15) is 35.3 Å². The van der Waals surface area contributed by atoms with Crippen LogP contribution in [-0.4, -0.2) is 39.0 Å². The number of carbonyl (C=O) groups excluding carboxylic acids is 2. The zero-order chi connectivity index (χ0) is 18.1. The molecule has 2 fully saturated rings. The Morgan fingerprint density at radius 2 is 1.96 bits per heavy atom. The molecule has 0 bridgehead atoms. The molecule has 7 nitrogen and oxygen atoms in total. The van der Waals surface area contributed by atoms with Gasteiger partial charge in [-0.1, -0.05) is 12.1 Å². The average molecular weight is 354 g/mol. The quantitative estimate of drug-likeness (QED) is 0.650. The van der Waals surface area contributed by atoms with Gasteiger partial charge in [-0.2, -0.15) is 0 Å². The summed E-state index contributed by atoms with van der Waals surface area (Å²) in [5, 5.41) is 15.5. The number of phenols is 1. The number of aromatic nitrogens is 2. The first-order valence-electron chi connectivity index (χ1n) is 8.95. The number of hydrogen-bond acceptors (Lipinski definition) is 4. The number of fused-ring (bicyclic) bond motifs is 1. The highest BCUT2D eigenvalue weighted by atomic mass is 16.3. The van der Waals surface area contributed by atoms with Crippen molar-refractivity contribution in [3.8, 4) is 5.75 Å². The molecular weight excluding hydrogens is 332 g/mol. The Bertz CT molecular complexity index is 788. The predicted octanol–water partition coefficient (Wildman–Crippen LogP) is 1.37. The fourth-order valence-corrected chi connectivity index (χ4v) is 4.21. The molecule has 26 heavy (non-hydrogen) atoms. The Kier molecular flexibility index (Phi) is 4.36. The first-order chi connectivity index (χ1) is 12.6. The maximum atomic E-state index is 12.2. The molecule has 4 atom stereocenters.